The summed E-state index contributed by atoms with van der Waals surface area (Å²) in [7, 11) is 0. The minimum Gasteiger partial charge on any atom is -0.322 e. The average molecular weight is 390 g/mol. The lowest BCUT2D eigenvalue weighted by Gasteiger charge is -2.16. The molecular formula is C20H17F3N2OS. The number of benzene rings is 2. The lowest BCUT2D eigenvalue weighted by Crippen LogP contribution is -2.14. The van der Waals surface area contributed by atoms with Crippen LogP contribution in [-0.4, -0.2) is 10.5 Å². The van der Waals surface area contributed by atoms with Crippen LogP contribution in [0, 0.1) is 13.8 Å². The first-order chi connectivity index (χ1) is 12.7. The van der Waals surface area contributed by atoms with E-state index in [0.29, 0.717) is 27.5 Å². The summed E-state index contributed by atoms with van der Waals surface area (Å²) in [5.41, 5.74) is 1.10. The fourth-order valence-corrected chi connectivity index (χ4v) is 3.28. The van der Waals surface area contributed by atoms with E-state index in [9.17, 15) is 18.0 Å². The normalized spacial score (nSPS) is 11.5. The van der Waals surface area contributed by atoms with Gasteiger partial charge in [0.15, 0.2) is 0 Å². The third kappa shape index (κ3) is 3.88. The molecule has 3 nitrogen and oxygen atoms in total. The van der Waals surface area contributed by atoms with Crippen LogP contribution in [0.3, 0.4) is 0 Å². The van der Waals surface area contributed by atoms with Crippen LogP contribution in [0.2, 0.25) is 0 Å². The van der Waals surface area contributed by atoms with Gasteiger partial charge >= 0.3 is 6.18 Å². The van der Waals surface area contributed by atoms with Crippen LogP contribution >= 0.6 is 12.6 Å². The first kappa shape index (κ1) is 19.1. The predicted octanol–water partition coefficient (Wildman–Crippen LogP) is 5.65. The van der Waals surface area contributed by atoms with Crippen LogP contribution in [-0.2, 0) is 6.18 Å². The van der Waals surface area contributed by atoms with Crippen molar-refractivity contribution in [3.63, 3.8) is 0 Å². The highest BCUT2D eigenvalue weighted by Crippen LogP contribution is 2.35. The number of halogens is 3. The van der Waals surface area contributed by atoms with Crippen molar-refractivity contribution in [3.8, 4) is 5.69 Å². The van der Waals surface area contributed by atoms with Gasteiger partial charge in [-0.25, -0.2) is 0 Å². The minimum absolute atomic E-state index is 0.00333. The van der Waals surface area contributed by atoms with Crippen molar-refractivity contribution >= 4 is 24.2 Å². The molecule has 1 aromatic heterocycles. The second kappa shape index (κ2) is 7.15. The van der Waals surface area contributed by atoms with Crippen LogP contribution in [0.5, 0.6) is 0 Å². The largest absolute Gasteiger partial charge is 0.418 e. The molecule has 0 aliphatic carbocycles. The Hall–Kier alpha value is -2.67. The van der Waals surface area contributed by atoms with Gasteiger partial charge in [-0.05, 0) is 50.2 Å². The number of rotatable bonds is 3. The fourth-order valence-electron chi connectivity index (χ4n) is 3.05. The zero-order valence-electron chi connectivity index (χ0n) is 14.6. The Morgan fingerprint density at radius 2 is 1.74 bits per heavy atom. The number of alkyl halides is 3. The molecule has 3 aromatic rings. The summed E-state index contributed by atoms with van der Waals surface area (Å²) in [6.45, 7) is 3.30. The molecule has 0 unspecified atom stereocenters. The molecule has 0 atom stereocenters. The Bertz CT molecular complexity index is 1010. The van der Waals surface area contributed by atoms with E-state index in [1.807, 2.05) is 0 Å². The van der Waals surface area contributed by atoms with Gasteiger partial charge < -0.3 is 9.88 Å². The summed E-state index contributed by atoms with van der Waals surface area (Å²) in [4.78, 5) is 13.3. The molecule has 0 aliphatic rings. The van der Waals surface area contributed by atoms with Crippen molar-refractivity contribution in [2.45, 2.75) is 24.9 Å². The third-order valence-corrected chi connectivity index (χ3v) is 4.51. The fraction of sp³-hybridized carbons (Fsp3) is 0.150. The smallest absolute Gasteiger partial charge is 0.322 e. The number of carbonyl (C=O) groups excluding carboxylic acids is 1. The standard InChI is InChI=1S/C20H17F3N2OS/c1-12-10-16(19(26)24-14-6-5-7-15(27)11-14)13(2)25(12)18-9-4-3-8-17(18)20(21,22)23/h3-11,27H,1-2H3,(H,24,26). The summed E-state index contributed by atoms with van der Waals surface area (Å²) in [6.07, 6.45) is -4.49. The van der Waals surface area contributed by atoms with Gasteiger partial charge in [-0.3, -0.25) is 4.79 Å². The van der Waals surface area contributed by atoms with Crippen LogP contribution in [0.15, 0.2) is 59.5 Å². The van der Waals surface area contributed by atoms with E-state index in [1.165, 1.54) is 16.7 Å². The van der Waals surface area contributed by atoms with Gasteiger partial charge in [0.25, 0.3) is 5.91 Å². The molecule has 7 heteroatoms. The topological polar surface area (TPSA) is 34.0 Å². The molecule has 0 radical (unpaired) electrons. The lowest BCUT2D eigenvalue weighted by atomic mass is 10.1. The van der Waals surface area contributed by atoms with Crippen LogP contribution in [0.4, 0.5) is 18.9 Å². The van der Waals surface area contributed by atoms with Gasteiger partial charge in [0.1, 0.15) is 0 Å². The maximum Gasteiger partial charge on any atom is 0.418 e. The first-order valence-corrected chi connectivity index (χ1v) is 8.59. The van der Waals surface area contributed by atoms with Crippen molar-refractivity contribution in [1.82, 2.24) is 4.57 Å². The van der Waals surface area contributed by atoms with Crippen molar-refractivity contribution in [2.24, 2.45) is 0 Å². The Morgan fingerprint density at radius 1 is 1.04 bits per heavy atom. The minimum atomic E-state index is -4.49. The molecule has 0 saturated heterocycles. The van der Waals surface area contributed by atoms with Gasteiger partial charge in [0.05, 0.1) is 16.8 Å². The van der Waals surface area contributed by atoms with Crippen LogP contribution in [0.25, 0.3) is 5.69 Å². The number of hydrogen-bond donors (Lipinski definition) is 2. The molecule has 27 heavy (non-hydrogen) atoms. The van der Waals surface area contributed by atoms with Gasteiger partial charge in [-0.15, -0.1) is 12.6 Å². The molecule has 2 aromatic carbocycles. The average Bonchev–Trinajstić information content (AvgIpc) is 2.88. The SMILES string of the molecule is Cc1cc(C(=O)Nc2cccc(S)c2)c(C)n1-c1ccccc1C(F)(F)F. The summed E-state index contributed by atoms with van der Waals surface area (Å²) in [5, 5.41) is 2.75. The second-order valence-electron chi connectivity index (χ2n) is 6.14. The second-order valence-corrected chi connectivity index (χ2v) is 6.66. The number of carbonyl (C=O) groups is 1. The molecule has 0 spiro atoms. The zero-order valence-corrected chi connectivity index (χ0v) is 15.5. The van der Waals surface area contributed by atoms with Gasteiger partial charge in [0, 0.05) is 22.0 Å². The maximum absolute atomic E-state index is 13.4. The van der Waals surface area contributed by atoms with E-state index in [2.05, 4.69) is 17.9 Å². The number of aryl methyl sites for hydroxylation is 1. The maximum atomic E-state index is 13.4. The monoisotopic (exact) mass is 390 g/mol. The molecule has 140 valence electrons. The van der Waals surface area contributed by atoms with Gasteiger partial charge in [0.2, 0.25) is 0 Å². The molecule has 0 bridgehead atoms. The van der Waals surface area contributed by atoms with E-state index in [4.69, 9.17) is 0 Å². The number of thiol groups is 1. The van der Waals surface area contributed by atoms with Crippen LogP contribution < -0.4 is 5.32 Å². The Labute approximate surface area is 160 Å². The number of para-hydroxylation sites is 1. The van der Waals surface area contributed by atoms with Crippen molar-refractivity contribution in [1.29, 1.82) is 0 Å². The van der Waals surface area contributed by atoms with E-state index >= 15 is 0 Å². The van der Waals surface area contributed by atoms with Gasteiger partial charge in [-0.1, -0.05) is 18.2 Å². The Kier molecular flexibility index (Phi) is 5.06. The molecule has 1 amide bonds. The van der Waals surface area contributed by atoms with Crippen LogP contribution in [0.1, 0.15) is 27.3 Å². The first-order valence-electron chi connectivity index (χ1n) is 8.14. The van der Waals surface area contributed by atoms with Crippen molar-refractivity contribution in [2.75, 3.05) is 5.32 Å². The van der Waals surface area contributed by atoms with E-state index in [0.717, 1.165) is 6.07 Å². The lowest BCUT2D eigenvalue weighted by molar-refractivity contribution is -0.137. The number of anilines is 1. The molecule has 1 heterocycles. The summed E-state index contributed by atoms with van der Waals surface area (Å²) in [6, 6.07) is 13.8. The number of nitrogens with zero attached hydrogens (tertiary/aromatic N) is 1. The summed E-state index contributed by atoms with van der Waals surface area (Å²) >= 11 is 4.23. The Balaban J connectivity index is 2.03. The third-order valence-electron chi connectivity index (χ3n) is 4.23. The number of nitrogens with one attached hydrogen (secondary N) is 1. The molecule has 0 fully saturated rings. The summed E-state index contributed by atoms with van der Waals surface area (Å²) < 4.78 is 41.6. The quantitative estimate of drug-likeness (QED) is 0.557. The molecule has 0 saturated carbocycles. The zero-order chi connectivity index (χ0) is 19.8. The predicted molar refractivity (Wildman–Crippen MR) is 102 cm³/mol. The van der Waals surface area contributed by atoms with Crippen molar-refractivity contribution in [3.05, 3.63) is 77.1 Å². The van der Waals surface area contributed by atoms with Crippen molar-refractivity contribution < 1.29 is 18.0 Å². The van der Waals surface area contributed by atoms with E-state index < -0.39 is 17.6 Å². The number of hydrogen-bond acceptors (Lipinski definition) is 2. The summed E-state index contributed by atoms with van der Waals surface area (Å²) in [5.74, 6) is -0.391. The van der Waals surface area contributed by atoms with Gasteiger partial charge in [-0.2, -0.15) is 13.2 Å². The molecular weight excluding hydrogens is 373 g/mol. The highest BCUT2D eigenvalue weighted by molar-refractivity contribution is 7.80. The molecule has 0 aliphatic heterocycles. The molecule has 3 rings (SSSR count). The highest BCUT2D eigenvalue weighted by atomic mass is 32.1. The number of aromatic nitrogens is 1. The molecule has 1 N–H and O–H groups in total. The Morgan fingerprint density at radius 3 is 2.41 bits per heavy atom. The van der Waals surface area contributed by atoms with E-state index in [1.54, 1.807) is 50.2 Å². The number of amides is 1. The highest BCUT2D eigenvalue weighted by Gasteiger charge is 2.34. The van der Waals surface area contributed by atoms with E-state index in [-0.39, 0.29) is 5.69 Å².